The predicted octanol–water partition coefficient (Wildman–Crippen LogP) is 3.63. The molecule has 1 unspecified atom stereocenters. The lowest BCUT2D eigenvalue weighted by molar-refractivity contribution is -0.0909. The predicted molar refractivity (Wildman–Crippen MR) is 115 cm³/mol. The maximum atomic E-state index is 10.5. The number of ether oxygens (including phenoxy) is 1. The lowest BCUT2D eigenvalue weighted by Gasteiger charge is -2.40. The van der Waals surface area contributed by atoms with Crippen molar-refractivity contribution >= 4 is 23.4 Å². The third-order valence-electron chi connectivity index (χ3n) is 5.41. The lowest BCUT2D eigenvalue weighted by Crippen LogP contribution is -2.51. The second-order valence-electron chi connectivity index (χ2n) is 7.19. The van der Waals surface area contributed by atoms with Crippen LogP contribution in [0.3, 0.4) is 0 Å². The third-order valence-corrected chi connectivity index (χ3v) is 6.85. The summed E-state index contributed by atoms with van der Waals surface area (Å²) in [6.07, 6.45) is 0.106. The van der Waals surface area contributed by atoms with Crippen LogP contribution in [0.2, 0.25) is 5.02 Å². The Morgan fingerprint density at radius 3 is 2.39 bits per heavy atom. The van der Waals surface area contributed by atoms with E-state index in [-0.39, 0.29) is 11.2 Å². The Morgan fingerprint density at radius 2 is 1.75 bits per heavy atom. The van der Waals surface area contributed by atoms with E-state index in [1.807, 2.05) is 55.6 Å². The van der Waals surface area contributed by atoms with Crippen molar-refractivity contribution in [2.75, 3.05) is 12.9 Å². The lowest BCUT2D eigenvalue weighted by atomic mass is 9.78. The van der Waals surface area contributed by atoms with Crippen LogP contribution in [0.5, 0.6) is 5.75 Å². The molecule has 152 valence electrons. The number of hydrogen-bond acceptors (Lipinski definition) is 5. The Morgan fingerprint density at radius 1 is 1.04 bits per heavy atom. The van der Waals surface area contributed by atoms with Gasteiger partial charge in [0.2, 0.25) is 0 Å². The van der Waals surface area contributed by atoms with Crippen LogP contribution in [0.25, 0.3) is 0 Å². The van der Waals surface area contributed by atoms with Crippen molar-refractivity contribution in [2.24, 2.45) is 0 Å². The zero-order valence-electron chi connectivity index (χ0n) is 16.1. The van der Waals surface area contributed by atoms with Gasteiger partial charge in [0.1, 0.15) is 11.9 Å². The minimum atomic E-state index is -1.15. The number of rotatable bonds is 6. The fourth-order valence-corrected chi connectivity index (χ4v) is 4.83. The highest BCUT2D eigenvalue weighted by atomic mass is 35.5. The molecular formula is C22H27ClO4S. The van der Waals surface area contributed by atoms with Crippen molar-refractivity contribution in [3.63, 3.8) is 0 Å². The molecule has 0 aromatic heterocycles. The first-order valence-corrected chi connectivity index (χ1v) is 11.2. The van der Waals surface area contributed by atoms with Gasteiger partial charge in [-0.15, -0.1) is 0 Å². The van der Waals surface area contributed by atoms with Gasteiger partial charge in [-0.3, -0.25) is 0 Å². The van der Waals surface area contributed by atoms with E-state index in [2.05, 4.69) is 0 Å². The molecule has 0 radical (unpaired) electrons. The van der Waals surface area contributed by atoms with Gasteiger partial charge in [-0.25, -0.2) is 0 Å². The molecule has 0 bridgehead atoms. The minimum absolute atomic E-state index is 0.117. The molecule has 6 heteroatoms. The average molecular weight is 423 g/mol. The summed E-state index contributed by atoms with van der Waals surface area (Å²) < 4.78 is 5.48. The largest absolute Gasteiger partial charge is 0.494 e. The molecule has 2 aromatic carbocycles. The van der Waals surface area contributed by atoms with E-state index >= 15 is 0 Å². The molecule has 1 fully saturated rings. The molecule has 1 aliphatic rings. The monoisotopic (exact) mass is 422 g/mol. The van der Waals surface area contributed by atoms with E-state index < -0.39 is 18.3 Å². The van der Waals surface area contributed by atoms with Crippen LogP contribution >= 0.6 is 23.4 Å². The molecule has 5 atom stereocenters. The average Bonchev–Trinajstić information content (AvgIpc) is 2.70. The van der Waals surface area contributed by atoms with E-state index in [9.17, 15) is 15.3 Å². The van der Waals surface area contributed by atoms with Crippen molar-refractivity contribution in [1.82, 2.24) is 0 Å². The van der Waals surface area contributed by atoms with Crippen molar-refractivity contribution < 1.29 is 20.1 Å². The Balaban J connectivity index is 1.82. The Labute approximate surface area is 175 Å². The van der Waals surface area contributed by atoms with Crippen LogP contribution < -0.4 is 4.74 Å². The summed E-state index contributed by atoms with van der Waals surface area (Å²) in [5.41, 5.74) is 3.02. The van der Waals surface area contributed by atoms with Gasteiger partial charge in [0.05, 0.1) is 18.8 Å². The Kier molecular flexibility index (Phi) is 7.29. The van der Waals surface area contributed by atoms with Crippen molar-refractivity contribution in [2.45, 2.75) is 49.2 Å². The van der Waals surface area contributed by atoms with E-state index in [0.29, 0.717) is 24.5 Å². The number of aliphatic hydroxyl groups excluding tert-OH is 3. The number of thioether (sulfide) groups is 1. The molecule has 0 amide bonds. The highest BCUT2D eigenvalue weighted by molar-refractivity contribution is 7.99. The normalized spacial score (nSPS) is 27.6. The standard InChI is InChI=1S/C22H27ClO4S/c1-3-27-16-7-4-13(5-8-16)10-15-11-14(6-9-18(15)23)17-12-19(28-2)21(25)22(26)20(17)24/h4-9,11,17,19-22,24-26H,3,10,12H2,1-2H3/t17?,19-,20-,21+,22+/m0/s1. The number of benzene rings is 2. The second-order valence-corrected chi connectivity index (χ2v) is 8.68. The summed E-state index contributed by atoms with van der Waals surface area (Å²) in [4.78, 5) is 0. The molecule has 0 spiro atoms. The zero-order valence-corrected chi connectivity index (χ0v) is 17.7. The molecule has 3 N–H and O–H groups in total. The number of halogens is 1. The van der Waals surface area contributed by atoms with E-state index in [1.54, 1.807) is 0 Å². The smallest absolute Gasteiger partial charge is 0.119 e. The molecule has 0 saturated heterocycles. The molecule has 0 aliphatic heterocycles. The molecule has 4 nitrogen and oxygen atoms in total. The number of aliphatic hydroxyl groups is 3. The third kappa shape index (κ3) is 4.66. The summed E-state index contributed by atoms with van der Waals surface area (Å²) in [5.74, 6) is 0.597. The van der Waals surface area contributed by atoms with Gasteiger partial charge in [-0.1, -0.05) is 35.9 Å². The minimum Gasteiger partial charge on any atom is -0.494 e. The van der Waals surface area contributed by atoms with Gasteiger partial charge < -0.3 is 20.1 Å². The number of hydrogen-bond donors (Lipinski definition) is 3. The Bertz CT molecular complexity index is 781. The highest BCUT2D eigenvalue weighted by Gasteiger charge is 2.42. The molecular weight excluding hydrogens is 396 g/mol. The summed E-state index contributed by atoms with van der Waals surface area (Å²) in [5, 5.41) is 31.5. The Hall–Kier alpha value is -1.24. The van der Waals surface area contributed by atoms with Crippen LogP contribution in [-0.2, 0) is 6.42 Å². The van der Waals surface area contributed by atoms with E-state index in [1.165, 1.54) is 11.8 Å². The molecule has 1 saturated carbocycles. The molecule has 3 rings (SSSR count). The summed E-state index contributed by atoms with van der Waals surface area (Å²) in [6, 6.07) is 13.7. The molecule has 0 heterocycles. The summed E-state index contributed by atoms with van der Waals surface area (Å²) in [6.45, 7) is 2.59. The summed E-state index contributed by atoms with van der Waals surface area (Å²) >= 11 is 7.94. The topological polar surface area (TPSA) is 69.9 Å². The van der Waals surface area contributed by atoms with E-state index in [4.69, 9.17) is 16.3 Å². The fraction of sp³-hybridized carbons (Fsp3) is 0.455. The highest BCUT2D eigenvalue weighted by Crippen LogP contribution is 2.39. The maximum absolute atomic E-state index is 10.5. The maximum Gasteiger partial charge on any atom is 0.119 e. The van der Waals surface area contributed by atoms with Crippen LogP contribution in [0.1, 0.15) is 36.0 Å². The van der Waals surface area contributed by atoms with Crippen molar-refractivity contribution in [3.05, 3.63) is 64.2 Å². The second kappa shape index (κ2) is 9.51. The first-order chi connectivity index (χ1) is 13.4. The van der Waals surface area contributed by atoms with Gasteiger partial charge in [0, 0.05) is 16.2 Å². The quantitative estimate of drug-likeness (QED) is 0.663. The molecule has 2 aromatic rings. The van der Waals surface area contributed by atoms with E-state index in [0.717, 1.165) is 22.4 Å². The fourth-order valence-electron chi connectivity index (χ4n) is 3.81. The molecule has 1 aliphatic carbocycles. The molecule has 28 heavy (non-hydrogen) atoms. The SMILES string of the molecule is CCOc1ccc(Cc2cc(C3C[C@H](SC)[C@@H](O)[C@H](O)[C@H]3O)ccc2Cl)cc1. The van der Waals surface area contributed by atoms with Crippen molar-refractivity contribution in [1.29, 1.82) is 0 Å². The van der Waals surface area contributed by atoms with Gasteiger partial charge in [0.25, 0.3) is 0 Å². The van der Waals surface area contributed by atoms with Gasteiger partial charge in [-0.2, -0.15) is 11.8 Å². The first-order valence-electron chi connectivity index (χ1n) is 9.51. The van der Waals surface area contributed by atoms with Crippen LogP contribution in [0.4, 0.5) is 0 Å². The zero-order chi connectivity index (χ0) is 20.3. The van der Waals surface area contributed by atoms with Gasteiger partial charge in [0.15, 0.2) is 0 Å². The van der Waals surface area contributed by atoms with Gasteiger partial charge in [-0.05, 0) is 60.9 Å². The first kappa shape index (κ1) is 21.5. The van der Waals surface area contributed by atoms with Crippen LogP contribution in [0.15, 0.2) is 42.5 Å². The van der Waals surface area contributed by atoms with Crippen molar-refractivity contribution in [3.8, 4) is 5.75 Å². The van der Waals surface area contributed by atoms with Gasteiger partial charge >= 0.3 is 0 Å². The summed E-state index contributed by atoms with van der Waals surface area (Å²) in [7, 11) is 0. The van der Waals surface area contributed by atoms with Crippen LogP contribution in [-0.4, -0.2) is 51.7 Å². The van der Waals surface area contributed by atoms with Crippen LogP contribution in [0, 0.1) is 0 Å².